The van der Waals surface area contributed by atoms with Crippen molar-refractivity contribution in [3.8, 4) is 0 Å². The summed E-state index contributed by atoms with van der Waals surface area (Å²) in [6, 6.07) is 0. The molecule has 0 aliphatic carbocycles. The van der Waals surface area contributed by atoms with Gasteiger partial charge < -0.3 is 4.90 Å². The third kappa shape index (κ3) is 1.56. The van der Waals surface area contributed by atoms with E-state index in [9.17, 15) is 9.59 Å². The van der Waals surface area contributed by atoms with E-state index >= 15 is 0 Å². The molecule has 10 heavy (non-hydrogen) atoms. The molecule has 0 aromatic carbocycles. The molecule has 1 heterocycles. The number of hydrogen-bond donors (Lipinski definition) is 0. The van der Waals surface area contributed by atoms with E-state index in [0.717, 1.165) is 0 Å². The predicted molar refractivity (Wildman–Crippen MR) is 36.2 cm³/mol. The number of amides is 1. The minimum Gasteiger partial charge on any atom is -0.342 e. The molecule has 0 atom stereocenters. The van der Waals surface area contributed by atoms with Gasteiger partial charge in [-0.15, -0.1) is 0 Å². The summed E-state index contributed by atoms with van der Waals surface area (Å²) in [4.78, 5) is 22.9. The fourth-order valence-electron chi connectivity index (χ4n) is 1.01. The number of hydrogen-bond acceptors (Lipinski definition) is 2. The van der Waals surface area contributed by atoms with Crippen LogP contribution in [0.1, 0.15) is 12.8 Å². The first-order chi connectivity index (χ1) is 4.70. The van der Waals surface area contributed by atoms with Crippen molar-refractivity contribution in [2.45, 2.75) is 12.8 Å². The van der Waals surface area contributed by atoms with Crippen LogP contribution in [0.3, 0.4) is 0 Å². The highest BCUT2D eigenvalue weighted by molar-refractivity contribution is 5.85. The van der Waals surface area contributed by atoms with E-state index in [1.54, 1.807) is 4.90 Å². The Morgan fingerprint density at radius 3 is 2.30 bits per heavy atom. The van der Waals surface area contributed by atoms with Crippen molar-refractivity contribution in [1.82, 2.24) is 4.90 Å². The number of likely N-dealkylation sites (tertiary alicyclic amines) is 1. The second-order valence-electron chi connectivity index (χ2n) is 2.42. The first-order valence-electron chi connectivity index (χ1n) is 3.32. The van der Waals surface area contributed by atoms with Crippen LogP contribution in [0.5, 0.6) is 0 Å². The van der Waals surface area contributed by atoms with Gasteiger partial charge in [0.05, 0.1) is 0 Å². The van der Waals surface area contributed by atoms with Crippen molar-refractivity contribution >= 4 is 11.7 Å². The van der Waals surface area contributed by atoms with E-state index in [2.05, 4.69) is 6.92 Å². The van der Waals surface area contributed by atoms with Crippen molar-refractivity contribution in [3.63, 3.8) is 0 Å². The number of Topliss-reactive ketones (excluding diaryl/α,β-unsaturated/α-hetero) is 1. The predicted octanol–water partition coefficient (Wildman–Crippen LogP) is 0.0120. The van der Waals surface area contributed by atoms with Gasteiger partial charge in [-0.3, -0.25) is 9.59 Å². The average Bonchev–Trinajstić information content (AvgIpc) is 1.88. The minimum atomic E-state index is -0.174. The van der Waals surface area contributed by atoms with Crippen LogP contribution in [-0.4, -0.2) is 29.7 Å². The minimum absolute atomic E-state index is 0.174. The van der Waals surface area contributed by atoms with Gasteiger partial charge in [0.25, 0.3) is 0 Å². The fraction of sp³-hybridized carbons (Fsp3) is 0.571. The Bertz CT molecular complexity index is 155. The molecule has 1 rings (SSSR count). The molecule has 1 radical (unpaired) electrons. The Labute approximate surface area is 60.0 Å². The van der Waals surface area contributed by atoms with E-state index < -0.39 is 0 Å². The van der Waals surface area contributed by atoms with Gasteiger partial charge in [0, 0.05) is 32.9 Å². The Kier molecular flexibility index (Phi) is 2.04. The lowest BCUT2D eigenvalue weighted by atomic mass is 10.1. The summed E-state index contributed by atoms with van der Waals surface area (Å²) in [5, 5.41) is 0. The van der Waals surface area contributed by atoms with Crippen LogP contribution < -0.4 is 0 Å². The van der Waals surface area contributed by atoms with Gasteiger partial charge in [-0.05, 0) is 0 Å². The molecule has 1 aliphatic heterocycles. The Morgan fingerprint density at radius 2 is 1.90 bits per heavy atom. The molecule has 0 spiro atoms. The molecule has 55 valence electrons. The molecule has 3 heteroatoms. The van der Waals surface area contributed by atoms with Crippen LogP contribution in [0.25, 0.3) is 0 Å². The maximum atomic E-state index is 10.7. The molecule has 1 saturated heterocycles. The van der Waals surface area contributed by atoms with Gasteiger partial charge in [0.1, 0.15) is 5.78 Å². The largest absolute Gasteiger partial charge is 0.342 e. The van der Waals surface area contributed by atoms with E-state index in [4.69, 9.17) is 0 Å². The first-order valence-corrected chi connectivity index (χ1v) is 3.32. The Hall–Kier alpha value is -0.860. The maximum Gasteiger partial charge on any atom is 0.223 e. The second-order valence-corrected chi connectivity index (χ2v) is 2.42. The first kappa shape index (κ1) is 7.25. The summed E-state index contributed by atoms with van der Waals surface area (Å²) in [6.45, 7) is 4.38. The third-order valence-corrected chi connectivity index (χ3v) is 1.67. The van der Waals surface area contributed by atoms with Crippen LogP contribution in [0.2, 0.25) is 0 Å². The SMILES string of the molecule is [CH2]C(=O)N1CCC(=O)CC1. The highest BCUT2D eigenvalue weighted by Gasteiger charge is 2.17. The number of carbonyl (C=O) groups is 2. The molecule has 0 bridgehead atoms. The lowest BCUT2D eigenvalue weighted by Gasteiger charge is -2.24. The molecular weight excluding hydrogens is 130 g/mol. The van der Waals surface area contributed by atoms with Gasteiger partial charge in [-0.1, -0.05) is 0 Å². The summed E-state index contributed by atoms with van der Waals surface area (Å²) in [5.41, 5.74) is 0. The molecule has 0 aromatic heterocycles. The number of piperidine rings is 1. The summed E-state index contributed by atoms with van der Waals surface area (Å²) in [7, 11) is 0. The van der Waals surface area contributed by atoms with Crippen LogP contribution in [0.15, 0.2) is 0 Å². The Balaban J connectivity index is 2.40. The average molecular weight is 140 g/mol. The molecule has 1 fully saturated rings. The van der Waals surface area contributed by atoms with Crippen molar-refractivity contribution in [3.05, 3.63) is 6.92 Å². The molecule has 3 nitrogen and oxygen atoms in total. The second kappa shape index (κ2) is 2.82. The van der Waals surface area contributed by atoms with E-state index in [1.165, 1.54) is 0 Å². The number of nitrogens with zero attached hydrogens (tertiary/aromatic N) is 1. The molecular formula is C7H10NO2. The number of ketones is 1. The molecule has 0 N–H and O–H groups in total. The maximum absolute atomic E-state index is 10.7. The van der Waals surface area contributed by atoms with Gasteiger partial charge in [0.15, 0.2) is 0 Å². The van der Waals surface area contributed by atoms with Crippen molar-refractivity contribution < 1.29 is 9.59 Å². The van der Waals surface area contributed by atoms with Gasteiger partial charge >= 0.3 is 0 Å². The van der Waals surface area contributed by atoms with Crippen LogP contribution in [-0.2, 0) is 9.59 Å². The van der Waals surface area contributed by atoms with Crippen LogP contribution in [0, 0.1) is 6.92 Å². The summed E-state index contributed by atoms with van der Waals surface area (Å²) in [6.07, 6.45) is 1.00. The van der Waals surface area contributed by atoms with E-state index in [-0.39, 0.29) is 11.7 Å². The van der Waals surface area contributed by atoms with Gasteiger partial charge in [-0.25, -0.2) is 0 Å². The summed E-state index contributed by atoms with van der Waals surface area (Å²) in [5.74, 6) is 0.0741. The molecule has 1 amide bonds. The third-order valence-electron chi connectivity index (χ3n) is 1.67. The zero-order valence-electron chi connectivity index (χ0n) is 5.80. The topological polar surface area (TPSA) is 37.4 Å². The lowest BCUT2D eigenvalue weighted by Crippen LogP contribution is -2.37. The summed E-state index contributed by atoms with van der Waals surface area (Å²) < 4.78 is 0. The standard InChI is InChI=1S/C7H10NO2/c1-6(9)8-4-2-7(10)3-5-8/h1-5H2. The number of rotatable bonds is 0. The smallest absolute Gasteiger partial charge is 0.223 e. The lowest BCUT2D eigenvalue weighted by molar-refractivity contribution is -0.130. The molecule has 1 aliphatic rings. The van der Waals surface area contributed by atoms with Gasteiger partial charge in [0.2, 0.25) is 5.91 Å². The molecule has 0 unspecified atom stereocenters. The molecule has 0 saturated carbocycles. The Morgan fingerprint density at radius 1 is 1.40 bits per heavy atom. The van der Waals surface area contributed by atoms with E-state index in [0.29, 0.717) is 25.9 Å². The van der Waals surface area contributed by atoms with Crippen LogP contribution in [0.4, 0.5) is 0 Å². The zero-order valence-corrected chi connectivity index (χ0v) is 5.80. The van der Waals surface area contributed by atoms with E-state index in [1.807, 2.05) is 0 Å². The fourth-order valence-corrected chi connectivity index (χ4v) is 1.01. The highest BCUT2D eigenvalue weighted by atomic mass is 16.2. The monoisotopic (exact) mass is 140 g/mol. The highest BCUT2D eigenvalue weighted by Crippen LogP contribution is 2.04. The zero-order chi connectivity index (χ0) is 7.56. The van der Waals surface area contributed by atoms with Crippen LogP contribution >= 0.6 is 0 Å². The quantitative estimate of drug-likeness (QED) is 0.475. The number of carbonyl (C=O) groups excluding carboxylic acids is 2. The van der Waals surface area contributed by atoms with Gasteiger partial charge in [-0.2, -0.15) is 0 Å². The van der Waals surface area contributed by atoms with Crippen molar-refractivity contribution in [2.24, 2.45) is 0 Å². The summed E-state index contributed by atoms with van der Waals surface area (Å²) >= 11 is 0. The normalized spacial score (nSPS) is 19.3. The van der Waals surface area contributed by atoms with Crippen molar-refractivity contribution in [1.29, 1.82) is 0 Å². The van der Waals surface area contributed by atoms with Crippen molar-refractivity contribution in [2.75, 3.05) is 13.1 Å². The molecule has 0 aromatic rings.